The van der Waals surface area contributed by atoms with Crippen LogP contribution in [0.1, 0.15) is 36.3 Å². The highest BCUT2D eigenvalue weighted by atomic mass is 16.1. The molecule has 0 bridgehead atoms. The van der Waals surface area contributed by atoms with Gasteiger partial charge in [-0.05, 0) is 25.7 Å². The molecule has 1 N–H and O–H groups in total. The van der Waals surface area contributed by atoms with Gasteiger partial charge in [-0.15, -0.1) is 0 Å². The summed E-state index contributed by atoms with van der Waals surface area (Å²) in [5, 5.41) is 0. The van der Waals surface area contributed by atoms with Crippen LogP contribution in [0.2, 0.25) is 0 Å². The van der Waals surface area contributed by atoms with Gasteiger partial charge in [0.2, 0.25) is 0 Å². The molecule has 2 rings (SSSR count). The van der Waals surface area contributed by atoms with E-state index >= 15 is 0 Å². The topological polar surface area (TPSA) is 45.8 Å². The fourth-order valence-corrected chi connectivity index (χ4v) is 1.85. The van der Waals surface area contributed by atoms with Crippen LogP contribution in [0.15, 0.2) is 4.79 Å². The van der Waals surface area contributed by atoms with Crippen molar-refractivity contribution in [2.24, 2.45) is 0 Å². The molecule has 0 amide bonds. The van der Waals surface area contributed by atoms with Crippen molar-refractivity contribution in [1.82, 2.24) is 9.97 Å². The highest BCUT2D eigenvalue weighted by molar-refractivity contribution is 5.26. The van der Waals surface area contributed by atoms with E-state index in [1.165, 1.54) is 0 Å². The Balaban J connectivity index is 2.69. The third kappa shape index (κ3) is 0.967. The Kier molecular flexibility index (Phi) is 1.53. The maximum absolute atomic E-state index is 11.4. The lowest BCUT2D eigenvalue weighted by Gasteiger charge is -2.01. The molecule has 1 aromatic heterocycles. The molecular weight excluding hydrogens is 152 g/mol. The van der Waals surface area contributed by atoms with E-state index in [1.807, 2.05) is 6.92 Å². The molecule has 0 radical (unpaired) electrons. The highest BCUT2D eigenvalue weighted by Crippen LogP contribution is 2.27. The Labute approximate surface area is 70.9 Å². The predicted octanol–water partition coefficient (Wildman–Crippen LogP) is 1.13. The van der Waals surface area contributed by atoms with Gasteiger partial charge in [-0.1, -0.05) is 6.92 Å². The minimum absolute atomic E-state index is 0.0579. The number of hydrogen-bond donors (Lipinski definition) is 1. The third-order valence-corrected chi connectivity index (χ3v) is 2.46. The second-order valence-corrected chi connectivity index (χ2v) is 3.45. The molecule has 1 aromatic rings. The standard InChI is InChI=1S/C9H12N2O/c1-5-3-4-7-8(5)9(12)11-6(2)10-7/h5H,3-4H2,1-2H3,(H,10,11,12). The number of rotatable bonds is 0. The number of hydrogen-bond acceptors (Lipinski definition) is 2. The monoisotopic (exact) mass is 164 g/mol. The number of nitrogens with one attached hydrogen (secondary N) is 1. The van der Waals surface area contributed by atoms with Gasteiger partial charge in [0.25, 0.3) is 5.56 Å². The van der Waals surface area contributed by atoms with E-state index in [4.69, 9.17) is 0 Å². The number of nitrogens with zero attached hydrogens (tertiary/aromatic N) is 1. The highest BCUT2D eigenvalue weighted by Gasteiger charge is 2.23. The number of aromatic amines is 1. The van der Waals surface area contributed by atoms with Crippen LogP contribution in [0.4, 0.5) is 0 Å². The fraction of sp³-hybridized carbons (Fsp3) is 0.556. The van der Waals surface area contributed by atoms with Gasteiger partial charge >= 0.3 is 0 Å². The van der Waals surface area contributed by atoms with Crippen LogP contribution in [-0.4, -0.2) is 9.97 Å². The summed E-state index contributed by atoms with van der Waals surface area (Å²) in [4.78, 5) is 18.5. The Morgan fingerprint density at radius 1 is 1.58 bits per heavy atom. The molecule has 0 saturated carbocycles. The molecule has 0 spiro atoms. The van der Waals surface area contributed by atoms with Crippen molar-refractivity contribution in [2.75, 3.05) is 0 Å². The van der Waals surface area contributed by atoms with Gasteiger partial charge < -0.3 is 4.98 Å². The molecule has 1 aliphatic carbocycles. The summed E-state index contributed by atoms with van der Waals surface area (Å²) in [5.41, 5.74) is 1.96. The first kappa shape index (κ1) is 7.53. The van der Waals surface area contributed by atoms with Crippen molar-refractivity contribution in [3.63, 3.8) is 0 Å². The molecule has 12 heavy (non-hydrogen) atoms. The van der Waals surface area contributed by atoms with E-state index in [9.17, 15) is 4.79 Å². The average molecular weight is 164 g/mol. The van der Waals surface area contributed by atoms with E-state index in [1.54, 1.807) is 0 Å². The quantitative estimate of drug-likeness (QED) is 0.624. The largest absolute Gasteiger partial charge is 0.311 e. The number of aryl methyl sites for hydroxylation is 2. The number of H-pyrrole nitrogens is 1. The molecule has 3 heteroatoms. The maximum Gasteiger partial charge on any atom is 0.254 e. The van der Waals surface area contributed by atoms with Crippen LogP contribution in [0.25, 0.3) is 0 Å². The lowest BCUT2D eigenvalue weighted by molar-refractivity contribution is 0.740. The average Bonchev–Trinajstić information content (AvgIpc) is 2.31. The summed E-state index contributed by atoms with van der Waals surface area (Å²) in [7, 11) is 0. The molecule has 0 aliphatic heterocycles. The molecular formula is C9H12N2O. The summed E-state index contributed by atoms with van der Waals surface area (Å²) in [6.07, 6.45) is 2.02. The summed E-state index contributed by atoms with van der Waals surface area (Å²) in [5.74, 6) is 1.12. The Bertz CT molecular complexity index is 367. The van der Waals surface area contributed by atoms with Gasteiger partial charge in [-0.2, -0.15) is 0 Å². The Hall–Kier alpha value is -1.12. The summed E-state index contributed by atoms with van der Waals surface area (Å²) in [6, 6.07) is 0. The minimum Gasteiger partial charge on any atom is -0.311 e. The zero-order chi connectivity index (χ0) is 8.72. The van der Waals surface area contributed by atoms with Crippen LogP contribution in [0, 0.1) is 6.92 Å². The SMILES string of the molecule is Cc1nc2c(c(=O)[nH]1)C(C)CC2. The first-order chi connectivity index (χ1) is 5.68. The second kappa shape index (κ2) is 2.44. The molecule has 1 atom stereocenters. The van der Waals surface area contributed by atoms with E-state index < -0.39 is 0 Å². The zero-order valence-electron chi connectivity index (χ0n) is 7.35. The summed E-state index contributed by atoms with van der Waals surface area (Å²) >= 11 is 0. The van der Waals surface area contributed by atoms with Gasteiger partial charge in [0.1, 0.15) is 5.82 Å². The van der Waals surface area contributed by atoms with Crippen LogP contribution < -0.4 is 5.56 Å². The van der Waals surface area contributed by atoms with Crippen molar-refractivity contribution in [3.8, 4) is 0 Å². The van der Waals surface area contributed by atoms with Crippen molar-refractivity contribution in [2.45, 2.75) is 32.6 Å². The second-order valence-electron chi connectivity index (χ2n) is 3.45. The van der Waals surface area contributed by atoms with Crippen molar-refractivity contribution < 1.29 is 0 Å². The van der Waals surface area contributed by atoms with Gasteiger partial charge in [0.05, 0.1) is 5.69 Å². The lowest BCUT2D eigenvalue weighted by Crippen LogP contribution is -2.16. The zero-order valence-corrected chi connectivity index (χ0v) is 7.35. The van der Waals surface area contributed by atoms with Gasteiger partial charge in [-0.25, -0.2) is 4.98 Å². The summed E-state index contributed by atoms with van der Waals surface area (Å²) < 4.78 is 0. The maximum atomic E-state index is 11.4. The van der Waals surface area contributed by atoms with E-state index in [0.717, 1.165) is 29.9 Å². The van der Waals surface area contributed by atoms with Crippen molar-refractivity contribution >= 4 is 0 Å². The first-order valence-electron chi connectivity index (χ1n) is 4.28. The molecule has 1 unspecified atom stereocenters. The fourth-order valence-electron chi connectivity index (χ4n) is 1.85. The molecule has 1 heterocycles. The van der Waals surface area contributed by atoms with Crippen LogP contribution >= 0.6 is 0 Å². The molecule has 0 aromatic carbocycles. The van der Waals surface area contributed by atoms with Gasteiger partial charge in [0, 0.05) is 5.56 Å². The normalized spacial score (nSPS) is 21.0. The first-order valence-corrected chi connectivity index (χ1v) is 4.28. The molecule has 1 aliphatic rings. The van der Waals surface area contributed by atoms with Gasteiger partial charge in [-0.3, -0.25) is 4.79 Å². The van der Waals surface area contributed by atoms with Crippen molar-refractivity contribution in [1.29, 1.82) is 0 Å². The van der Waals surface area contributed by atoms with E-state index in [2.05, 4.69) is 16.9 Å². The minimum atomic E-state index is 0.0579. The third-order valence-electron chi connectivity index (χ3n) is 2.46. The van der Waals surface area contributed by atoms with Crippen LogP contribution in [-0.2, 0) is 6.42 Å². The van der Waals surface area contributed by atoms with Crippen LogP contribution in [0.3, 0.4) is 0 Å². The van der Waals surface area contributed by atoms with Crippen LogP contribution in [0.5, 0.6) is 0 Å². The molecule has 3 nitrogen and oxygen atoms in total. The molecule has 64 valence electrons. The van der Waals surface area contributed by atoms with E-state index in [0.29, 0.717) is 5.92 Å². The molecule has 0 saturated heterocycles. The van der Waals surface area contributed by atoms with Crippen molar-refractivity contribution in [3.05, 3.63) is 27.4 Å². The number of aromatic nitrogens is 2. The smallest absolute Gasteiger partial charge is 0.254 e. The summed E-state index contributed by atoms with van der Waals surface area (Å²) in [6.45, 7) is 3.91. The predicted molar refractivity (Wildman–Crippen MR) is 46.3 cm³/mol. The lowest BCUT2D eigenvalue weighted by atomic mass is 10.1. The molecule has 0 fully saturated rings. The van der Waals surface area contributed by atoms with Gasteiger partial charge in [0.15, 0.2) is 0 Å². The Morgan fingerprint density at radius 3 is 3.08 bits per heavy atom. The Morgan fingerprint density at radius 2 is 2.33 bits per heavy atom. The number of fused-ring (bicyclic) bond motifs is 1. The van der Waals surface area contributed by atoms with E-state index in [-0.39, 0.29) is 5.56 Å².